The van der Waals surface area contributed by atoms with Crippen LogP contribution in [0.2, 0.25) is 0 Å². The molecular weight excluding hydrogens is 328 g/mol. The Balaban J connectivity index is 5.32. The van der Waals surface area contributed by atoms with Gasteiger partial charge in [0.1, 0.15) is 11.2 Å². The zero-order chi connectivity index (χ0) is 20.1. The van der Waals surface area contributed by atoms with E-state index in [1.807, 2.05) is 0 Å². The Labute approximate surface area is 149 Å². The van der Waals surface area contributed by atoms with Gasteiger partial charge in [-0.05, 0) is 54.9 Å². The highest BCUT2D eigenvalue weighted by Gasteiger charge is 2.39. The normalized spacial score (nSPS) is 15.5. The first-order valence-corrected chi connectivity index (χ1v) is 8.30. The molecule has 0 rings (SSSR count). The van der Waals surface area contributed by atoms with Crippen LogP contribution in [0.4, 0.5) is 9.59 Å². The van der Waals surface area contributed by atoms with E-state index in [9.17, 15) is 19.5 Å². The molecular formula is C17H32N2O6. The topological polar surface area (TPSA) is 114 Å². The summed E-state index contributed by atoms with van der Waals surface area (Å²) in [7, 11) is 0. The molecule has 2 unspecified atom stereocenters. The summed E-state index contributed by atoms with van der Waals surface area (Å²) in [4.78, 5) is 35.5. The average Bonchev–Trinajstić information content (AvgIpc) is 2.29. The van der Waals surface area contributed by atoms with Crippen LogP contribution in [0.15, 0.2) is 0 Å². The fourth-order valence-electron chi connectivity index (χ4n) is 2.27. The van der Waals surface area contributed by atoms with Gasteiger partial charge in [0.05, 0.1) is 18.0 Å². The molecule has 0 saturated carbocycles. The third-order valence-electron chi connectivity index (χ3n) is 3.17. The van der Waals surface area contributed by atoms with Crippen molar-refractivity contribution in [3.8, 4) is 0 Å². The van der Waals surface area contributed by atoms with Gasteiger partial charge in [-0.1, -0.05) is 6.92 Å². The molecule has 0 aromatic carbocycles. The predicted molar refractivity (Wildman–Crippen MR) is 93.5 cm³/mol. The van der Waals surface area contributed by atoms with Gasteiger partial charge in [-0.25, -0.2) is 9.59 Å². The predicted octanol–water partition coefficient (Wildman–Crippen LogP) is 3.05. The molecule has 0 heterocycles. The summed E-state index contributed by atoms with van der Waals surface area (Å²) >= 11 is 0. The molecule has 2 amide bonds. The summed E-state index contributed by atoms with van der Waals surface area (Å²) in [6, 6.07) is -0.661. The lowest BCUT2D eigenvalue weighted by molar-refractivity contribution is -0.138. The fourth-order valence-corrected chi connectivity index (χ4v) is 2.27. The number of alkyl carbamates (subject to hydrolysis) is 2. The van der Waals surface area contributed by atoms with Crippen molar-refractivity contribution in [2.24, 2.45) is 0 Å². The maximum Gasteiger partial charge on any atom is 0.408 e. The number of aliphatic carboxylic acids is 1. The molecule has 3 N–H and O–H groups in total. The standard InChI is InChI=1S/C17H32N2O6/c1-9-11(18-13(22)24-15(2,3)4)17(8,10-12(20)21)19-14(23)25-16(5,6)7/h11H,9-10H2,1-8H3,(H,18,22)(H,19,23)(H,20,21). The molecule has 0 saturated heterocycles. The van der Waals surface area contributed by atoms with Crippen molar-refractivity contribution in [2.75, 3.05) is 0 Å². The first kappa shape index (κ1) is 23.0. The molecule has 0 aromatic heterocycles. The molecule has 2 atom stereocenters. The molecule has 0 aliphatic heterocycles. The van der Waals surface area contributed by atoms with Gasteiger partial charge in [-0.2, -0.15) is 0 Å². The number of hydrogen-bond acceptors (Lipinski definition) is 5. The van der Waals surface area contributed by atoms with Crippen LogP contribution in [-0.2, 0) is 14.3 Å². The minimum Gasteiger partial charge on any atom is -0.481 e. The van der Waals surface area contributed by atoms with Gasteiger partial charge < -0.3 is 25.2 Å². The van der Waals surface area contributed by atoms with Crippen LogP contribution in [0.3, 0.4) is 0 Å². The van der Waals surface area contributed by atoms with E-state index in [1.165, 1.54) is 0 Å². The number of carbonyl (C=O) groups excluding carboxylic acids is 2. The van der Waals surface area contributed by atoms with Gasteiger partial charge in [0.25, 0.3) is 0 Å². The number of amides is 2. The smallest absolute Gasteiger partial charge is 0.408 e. The van der Waals surface area contributed by atoms with Crippen molar-refractivity contribution in [1.82, 2.24) is 10.6 Å². The van der Waals surface area contributed by atoms with Crippen LogP contribution in [-0.4, -0.2) is 46.0 Å². The number of carboxylic acid groups (broad SMARTS) is 1. The second kappa shape index (κ2) is 8.40. The Bertz CT molecular complexity index is 492. The van der Waals surface area contributed by atoms with Crippen LogP contribution in [0.5, 0.6) is 0 Å². The van der Waals surface area contributed by atoms with Crippen molar-refractivity contribution >= 4 is 18.2 Å². The minimum atomic E-state index is -1.25. The maximum absolute atomic E-state index is 12.1. The van der Waals surface area contributed by atoms with E-state index in [-0.39, 0.29) is 6.42 Å². The van der Waals surface area contributed by atoms with Crippen molar-refractivity contribution in [2.45, 2.75) is 91.0 Å². The van der Waals surface area contributed by atoms with E-state index in [0.29, 0.717) is 6.42 Å². The lowest BCUT2D eigenvalue weighted by Crippen LogP contribution is -2.62. The van der Waals surface area contributed by atoms with Crippen LogP contribution in [0, 0.1) is 0 Å². The largest absolute Gasteiger partial charge is 0.481 e. The molecule has 0 aromatic rings. The molecule has 8 heteroatoms. The summed E-state index contributed by atoms with van der Waals surface area (Å²) in [5, 5.41) is 14.5. The van der Waals surface area contributed by atoms with E-state index >= 15 is 0 Å². The Hall–Kier alpha value is -1.99. The number of carbonyl (C=O) groups is 3. The second-order valence-electron chi connectivity index (χ2n) is 8.22. The molecule has 0 aliphatic rings. The van der Waals surface area contributed by atoms with E-state index in [1.54, 1.807) is 55.4 Å². The summed E-state index contributed by atoms with van der Waals surface area (Å²) < 4.78 is 10.4. The Morgan fingerprint density at radius 3 is 1.72 bits per heavy atom. The van der Waals surface area contributed by atoms with Gasteiger partial charge >= 0.3 is 18.2 Å². The van der Waals surface area contributed by atoms with Crippen LogP contribution in [0.25, 0.3) is 0 Å². The van der Waals surface area contributed by atoms with Crippen molar-refractivity contribution in [3.63, 3.8) is 0 Å². The van der Waals surface area contributed by atoms with Crippen molar-refractivity contribution < 1.29 is 29.0 Å². The van der Waals surface area contributed by atoms with E-state index in [4.69, 9.17) is 9.47 Å². The van der Waals surface area contributed by atoms with E-state index in [2.05, 4.69) is 10.6 Å². The molecule has 0 bridgehead atoms. The average molecular weight is 360 g/mol. The molecule has 0 spiro atoms. The van der Waals surface area contributed by atoms with Gasteiger partial charge in [0.2, 0.25) is 0 Å². The first-order chi connectivity index (χ1) is 11.1. The van der Waals surface area contributed by atoms with E-state index < -0.39 is 40.9 Å². The first-order valence-electron chi connectivity index (χ1n) is 8.30. The highest BCUT2D eigenvalue weighted by Crippen LogP contribution is 2.20. The molecule has 8 nitrogen and oxygen atoms in total. The summed E-state index contributed by atoms with van der Waals surface area (Å²) in [5.74, 6) is -1.11. The van der Waals surface area contributed by atoms with Crippen LogP contribution >= 0.6 is 0 Å². The van der Waals surface area contributed by atoms with Crippen molar-refractivity contribution in [1.29, 1.82) is 0 Å². The fraction of sp³-hybridized carbons (Fsp3) is 0.824. The summed E-state index contributed by atoms with van der Waals surface area (Å²) in [6.07, 6.45) is -1.43. The van der Waals surface area contributed by atoms with E-state index in [0.717, 1.165) is 0 Å². The van der Waals surface area contributed by atoms with Crippen LogP contribution < -0.4 is 10.6 Å². The molecule has 0 radical (unpaired) electrons. The zero-order valence-corrected chi connectivity index (χ0v) is 16.5. The highest BCUT2D eigenvalue weighted by atomic mass is 16.6. The highest BCUT2D eigenvalue weighted by molar-refractivity contribution is 5.74. The Morgan fingerprint density at radius 2 is 1.36 bits per heavy atom. The Morgan fingerprint density at radius 1 is 0.920 bits per heavy atom. The third kappa shape index (κ3) is 9.79. The SMILES string of the molecule is CCC(NC(=O)OC(C)(C)C)C(C)(CC(=O)O)NC(=O)OC(C)(C)C. The second-order valence-corrected chi connectivity index (χ2v) is 8.22. The lowest BCUT2D eigenvalue weighted by atomic mass is 9.87. The quantitative estimate of drug-likeness (QED) is 0.671. The van der Waals surface area contributed by atoms with Gasteiger partial charge in [0.15, 0.2) is 0 Å². The third-order valence-corrected chi connectivity index (χ3v) is 3.17. The zero-order valence-electron chi connectivity index (χ0n) is 16.5. The van der Waals surface area contributed by atoms with Gasteiger partial charge in [-0.15, -0.1) is 0 Å². The number of carboxylic acids is 1. The minimum absolute atomic E-state index is 0.388. The van der Waals surface area contributed by atoms with Crippen LogP contribution in [0.1, 0.15) is 68.2 Å². The maximum atomic E-state index is 12.1. The number of rotatable bonds is 6. The van der Waals surface area contributed by atoms with Gasteiger partial charge in [0, 0.05) is 0 Å². The summed E-state index contributed by atoms with van der Waals surface area (Å²) in [6.45, 7) is 13.6. The molecule has 146 valence electrons. The number of nitrogens with one attached hydrogen (secondary N) is 2. The lowest BCUT2D eigenvalue weighted by Gasteiger charge is -2.38. The van der Waals surface area contributed by atoms with Gasteiger partial charge in [-0.3, -0.25) is 4.79 Å². The number of ether oxygens (including phenoxy) is 2. The van der Waals surface area contributed by atoms with Crippen molar-refractivity contribution in [3.05, 3.63) is 0 Å². The monoisotopic (exact) mass is 360 g/mol. The molecule has 0 fully saturated rings. The molecule has 25 heavy (non-hydrogen) atoms. The number of hydrogen-bond donors (Lipinski definition) is 3. The molecule has 0 aliphatic carbocycles. The summed E-state index contributed by atoms with van der Waals surface area (Å²) in [5.41, 5.74) is -2.67. The Kier molecular flexibility index (Phi) is 7.73.